The van der Waals surface area contributed by atoms with Crippen molar-refractivity contribution in [1.29, 1.82) is 0 Å². The average Bonchev–Trinajstić information content (AvgIpc) is 3.45. The van der Waals surface area contributed by atoms with Gasteiger partial charge in [-0.05, 0) is 48.6 Å². The Kier molecular flexibility index (Phi) is 7.72. The highest BCUT2D eigenvalue weighted by molar-refractivity contribution is 6.58. The number of halogens is 7. The SMILES string of the molecule is COc1cc(C2C3=CCC4C(=O)N(c5ccccc5)C(=O)C4C3CC3(Cl)C(=O)N(c4c(F)c(F)c(F)c(F)c4F)C(=O)C23Cl)cc(OC)c1O. The van der Waals surface area contributed by atoms with Crippen LogP contribution in [0.1, 0.15) is 24.3 Å². The first-order chi connectivity index (χ1) is 23.6. The number of methoxy groups -OCH3 is 2. The van der Waals surface area contributed by atoms with Crippen molar-refractivity contribution >= 4 is 58.2 Å². The van der Waals surface area contributed by atoms with Crippen molar-refractivity contribution in [2.24, 2.45) is 17.8 Å². The molecule has 2 heterocycles. The summed E-state index contributed by atoms with van der Waals surface area (Å²) in [4.78, 5) is 51.9. The third kappa shape index (κ3) is 4.17. The van der Waals surface area contributed by atoms with Gasteiger partial charge in [0.15, 0.2) is 44.5 Å². The molecule has 260 valence electrons. The molecule has 16 heteroatoms. The number of aromatic hydroxyl groups is 1. The number of alkyl halides is 2. The number of rotatable bonds is 5. The van der Waals surface area contributed by atoms with Gasteiger partial charge in [0.05, 0.1) is 31.7 Å². The number of para-hydroxylation sites is 1. The third-order valence-electron chi connectivity index (χ3n) is 10.1. The second kappa shape index (κ2) is 11.4. The number of amides is 4. The Labute approximate surface area is 289 Å². The number of carbonyl (C=O) groups is 4. The molecule has 0 spiro atoms. The zero-order valence-corrected chi connectivity index (χ0v) is 27.3. The van der Waals surface area contributed by atoms with Crippen LogP contribution in [0, 0.1) is 46.8 Å². The van der Waals surface area contributed by atoms with Gasteiger partial charge in [0, 0.05) is 5.92 Å². The van der Waals surface area contributed by atoms with Gasteiger partial charge >= 0.3 is 0 Å². The smallest absolute Gasteiger partial charge is 0.258 e. The van der Waals surface area contributed by atoms with Crippen molar-refractivity contribution in [3.05, 3.63) is 88.8 Å². The molecule has 3 fully saturated rings. The molecule has 7 rings (SSSR count). The van der Waals surface area contributed by atoms with Crippen LogP contribution in [0.15, 0.2) is 54.1 Å². The Morgan fingerprint density at radius 3 is 1.90 bits per heavy atom. The maximum Gasteiger partial charge on any atom is 0.258 e. The number of allylic oxidation sites excluding steroid dienone is 2. The van der Waals surface area contributed by atoms with Gasteiger partial charge in [0.1, 0.15) is 5.69 Å². The summed E-state index contributed by atoms with van der Waals surface area (Å²) in [6.45, 7) is 0. The van der Waals surface area contributed by atoms with Crippen molar-refractivity contribution in [2.75, 3.05) is 24.0 Å². The number of phenolic OH excluding ortho intramolecular Hbond substituents is 1. The number of ether oxygens (including phenoxy) is 2. The van der Waals surface area contributed by atoms with E-state index in [0.717, 1.165) is 4.90 Å². The quantitative estimate of drug-likeness (QED) is 0.0871. The highest BCUT2D eigenvalue weighted by Gasteiger charge is 2.77. The fourth-order valence-corrected chi connectivity index (χ4v) is 8.79. The molecule has 0 radical (unpaired) electrons. The van der Waals surface area contributed by atoms with E-state index in [1.165, 1.54) is 26.4 Å². The van der Waals surface area contributed by atoms with Gasteiger partial charge < -0.3 is 14.6 Å². The Bertz CT molecular complexity index is 2030. The minimum absolute atomic E-state index is 0.00280. The lowest BCUT2D eigenvalue weighted by Crippen LogP contribution is -2.60. The highest BCUT2D eigenvalue weighted by Crippen LogP contribution is 2.66. The van der Waals surface area contributed by atoms with E-state index < -0.39 is 104 Å². The summed E-state index contributed by atoms with van der Waals surface area (Å²) < 4.78 is 84.0. The summed E-state index contributed by atoms with van der Waals surface area (Å²) in [6, 6.07) is 10.5. The molecular weight excluding hydrogens is 714 g/mol. The predicted molar refractivity (Wildman–Crippen MR) is 167 cm³/mol. The summed E-state index contributed by atoms with van der Waals surface area (Å²) in [5.41, 5.74) is -1.38. The van der Waals surface area contributed by atoms with Crippen LogP contribution in [-0.2, 0) is 19.2 Å². The summed E-state index contributed by atoms with van der Waals surface area (Å²) in [7, 11) is 2.40. The van der Waals surface area contributed by atoms with Gasteiger partial charge in [-0.2, -0.15) is 0 Å². The molecule has 3 aromatic carbocycles. The Morgan fingerprint density at radius 2 is 1.34 bits per heavy atom. The topological polar surface area (TPSA) is 113 Å². The number of nitrogens with zero attached hydrogens (tertiary/aromatic N) is 2. The van der Waals surface area contributed by atoms with E-state index >= 15 is 8.78 Å². The Balaban J connectivity index is 1.47. The molecule has 4 aliphatic rings. The third-order valence-corrected chi connectivity index (χ3v) is 11.5. The van der Waals surface area contributed by atoms with E-state index in [0.29, 0.717) is 0 Å². The maximum atomic E-state index is 15.2. The fourth-order valence-electron chi connectivity index (χ4n) is 7.85. The molecule has 0 bridgehead atoms. The maximum absolute atomic E-state index is 15.2. The number of phenols is 1. The van der Waals surface area contributed by atoms with Crippen LogP contribution in [0.2, 0.25) is 0 Å². The second-order valence-electron chi connectivity index (χ2n) is 12.3. The molecule has 4 amide bonds. The Morgan fingerprint density at radius 1 is 0.780 bits per heavy atom. The lowest BCUT2D eigenvalue weighted by Gasteiger charge is -2.50. The van der Waals surface area contributed by atoms with E-state index in [4.69, 9.17) is 32.7 Å². The number of hydrogen-bond donors (Lipinski definition) is 1. The van der Waals surface area contributed by atoms with E-state index in [1.807, 2.05) is 0 Å². The van der Waals surface area contributed by atoms with Crippen LogP contribution < -0.4 is 19.3 Å². The number of imide groups is 2. The lowest BCUT2D eigenvalue weighted by molar-refractivity contribution is -0.125. The molecule has 2 saturated heterocycles. The number of carbonyl (C=O) groups excluding carboxylic acids is 4. The van der Waals surface area contributed by atoms with Crippen LogP contribution in [0.3, 0.4) is 0 Å². The van der Waals surface area contributed by atoms with Gasteiger partial charge in [-0.1, -0.05) is 29.8 Å². The first kappa shape index (κ1) is 33.8. The largest absolute Gasteiger partial charge is 0.502 e. The molecule has 2 aliphatic heterocycles. The van der Waals surface area contributed by atoms with Gasteiger partial charge in [-0.25, -0.2) is 26.9 Å². The van der Waals surface area contributed by atoms with E-state index in [1.54, 1.807) is 36.4 Å². The van der Waals surface area contributed by atoms with Crippen molar-refractivity contribution in [1.82, 2.24) is 0 Å². The summed E-state index contributed by atoms with van der Waals surface area (Å²) in [5, 5.41) is 10.7. The Hall–Kier alpha value is -4.69. The van der Waals surface area contributed by atoms with Crippen molar-refractivity contribution in [3.63, 3.8) is 0 Å². The molecule has 2 aliphatic carbocycles. The number of fused-ring (bicyclic) bond motifs is 4. The fraction of sp³-hybridized carbons (Fsp3) is 0.294. The number of benzene rings is 3. The van der Waals surface area contributed by atoms with Gasteiger partial charge in [-0.15, -0.1) is 23.2 Å². The van der Waals surface area contributed by atoms with E-state index in [-0.39, 0.29) is 39.6 Å². The molecule has 50 heavy (non-hydrogen) atoms. The van der Waals surface area contributed by atoms with Crippen molar-refractivity contribution in [2.45, 2.75) is 28.5 Å². The van der Waals surface area contributed by atoms with Crippen LogP contribution >= 0.6 is 23.2 Å². The minimum Gasteiger partial charge on any atom is -0.502 e. The number of anilines is 2. The number of hydrogen-bond acceptors (Lipinski definition) is 7. The monoisotopic (exact) mass is 736 g/mol. The van der Waals surface area contributed by atoms with E-state index in [2.05, 4.69) is 0 Å². The van der Waals surface area contributed by atoms with Crippen LogP contribution in [0.25, 0.3) is 0 Å². The zero-order valence-electron chi connectivity index (χ0n) is 25.8. The van der Waals surface area contributed by atoms with Gasteiger partial charge in [0.25, 0.3) is 11.8 Å². The lowest BCUT2D eigenvalue weighted by atomic mass is 9.56. The molecule has 6 unspecified atom stereocenters. The predicted octanol–water partition coefficient (Wildman–Crippen LogP) is 5.87. The summed E-state index contributed by atoms with van der Waals surface area (Å²) in [6.07, 6.45) is 0.854. The van der Waals surface area contributed by atoms with Crippen LogP contribution in [0.4, 0.5) is 33.3 Å². The molecule has 1 N–H and O–H groups in total. The standard InChI is InChI=1S/C34H23Cl2F5N2O7/c1-49-18-10-13(11-19(50-2)28(18)44)21-15-8-9-16-20(30(46)42(29(16)45)14-6-4-3-5-7-14)17(15)12-33(35)31(47)43(32(48)34(21,33)36)27-25(40)23(38)22(37)24(39)26(27)41/h3-8,10-11,16-17,20-21,44H,9,12H2,1-2H3. The molecule has 6 atom stereocenters. The molecule has 0 aromatic heterocycles. The van der Waals surface area contributed by atoms with Gasteiger partial charge in [-0.3, -0.25) is 24.1 Å². The van der Waals surface area contributed by atoms with Crippen molar-refractivity contribution < 1.29 is 55.7 Å². The highest BCUT2D eigenvalue weighted by atomic mass is 35.5. The average molecular weight is 737 g/mol. The van der Waals surface area contributed by atoms with Crippen LogP contribution in [0.5, 0.6) is 17.2 Å². The minimum atomic E-state index is -2.75. The van der Waals surface area contributed by atoms with Crippen molar-refractivity contribution in [3.8, 4) is 17.2 Å². The molecule has 3 aromatic rings. The summed E-state index contributed by atoms with van der Waals surface area (Å²) >= 11 is 14.3. The second-order valence-corrected chi connectivity index (χ2v) is 13.6. The first-order valence-corrected chi connectivity index (χ1v) is 15.8. The van der Waals surface area contributed by atoms with E-state index in [9.17, 15) is 37.5 Å². The molecule has 1 saturated carbocycles. The van der Waals surface area contributed by atoms with Crippen LogP contribution in [-0.4, -0.2) is 52.7 Å². The first-order valence-electron chi connectivity index (χ1n) is 15.0. The van der Waals surface area contributed by atoms with Gasteiger partial charge in [0.2, 0.25) is 23.4 Å². The summed E-state index contributed by atoms with van der Waals surface area (Å²) in [5.74, 6) is -22.5. The molecular formula is C34H23Cl2F5N2O7. The normalized spacial score (nSPS) is 28.8. The molecule has 9 nitrogen and oxygen atoms in total. The zero-order chi connectivity index (χ0) is 36.2.